The molecule has 0 amide bonds. The zero-order valence-electron chi connectivity index (χ0n) is 8.22. The summed E-state index contributed by atoms with van der Waals surface area (Å²) in [4.78, 5) is 0. The fourth-order valence-electron chi connectivity index (χ4n) is 1.42. The fraction of sp³-hybridized carbons (Fsp3) is 1.00. The minimum atomic E-state index is -3.54. The molecule has 0 bridgehead atoms. The molecule has 1 atom stereocenters. The third-order valence-corrected chi connectivity index (χ3v) is 6.13. The number of hydrogen-bond donors (Lipinski definition) is 2. The highest BCUT2D eigenvalue weighted by Crippen LogP contribution is 2.17. The molecule has 0 aromatic carbocycles. The van der Waals surface area contributed by atoms with Crippen LogP contribution in [0.5, 0.6) is 0 Å². The van der Waals surface area contributed by atoms with E-state index in [2.05, 4.69) is 4.72 Å². The summed E-state index contributed by atoms with van der Waals surface area (Å²) < 4.78 is 47.5. The third kappa shape index (κ3) is 3.71. The molecule has 1 saturated heterocycles. The third-order valence-electron chi connectivity index (χ3n) is 2.27. The number of sulfonamides is 1. The van der Waals surface area contributed by atoms with Crippen molar-refractivity contribution in [3.8, 4) is 0 Å². The van der Waals surface area contributed by atoms with Gasteiger partial charge >= 0.3 is 0 Å². The van der Waals surface area contributed by atoms with Crippen molar-refractivity contribution in [3.05, 3.63) is 0 Å². The van der Waals surface area contributed by atoms with Gasteiger partial charge in [0.15, 0.2) is 9.84 Å². The van der Waals surface area contributed by atoms with E-state index >= 15 is 0 Å². The summed E-state index contributed by atoms with van der Waals surface area (Å²) in [7, 11) is -6.72. The lowest BCUT2D eigenvalue weighted by atomic mass is 10.4. The quantitative estimate of drug-likeness (QED) is 0.582. The fourth-order valence-corrected chi connectivity index (χ4v) is 5.54. The van der Waals surface area contributed by atoms with Gasteiger partial charge in [0.2, 0.25) is 10.0 Å². The first-order valence-electron chi connectivity index (χ1n) is 4.67. The van der Waals surface area contributed by atoms with Crippen LogP contribution in [-0.2, 0) is 19.9 Å². The maximum absolute atomic E-state index is 11.5. The van der Waals surface area contributed by atoms with Crippen LogP contribution in [0.25, 0.3) is 0 Å². The molecule has 15 heavy (non-hydrogen) atoms. The molecule has 0 spiro atoms. The lowest BCUT2D eigenvalue weighted by Crippen LogP contribution is -2.35. The van der Waals surface area contributed by atoms with Gasteiger partial charge < -0.3 is 5.11 Å². The number of sulfone groups is 1. The van der Waals surface area contributed by atoms with Crippen molar-refractivity contribution in [2.45, 2.75) is 18.1 Å². The van der Waals surface area contributed by atoms with E-state index in [0.717, 1.165) is 0 Å². The van der Waals surface area contributed by atoms with Crippen LogP contribution >= 0.6 is 0 Å². The van der Waals surface area contributed by atoms with Crippen molar-refractivity contribution >= 4 is 19.9 Å². The van der Waals surface area contributed by atoms with Crippen molar-refractivity contribution in [1.29, 1.82) is 0 Å². The second-order valence-electron chi connectivity index (χ2n) is 3.54. The smallest absolute Gasteiger partial charge is 0.215 e. The molecule has 0 aromatic rings. The maximum Gasteiger partial charge on any atom is 0.215 e. The first kappa shape index (κ1) is 12.9. The minimum Gasteiger partial charge on any atom is -0.396 e. The zero-order chi connectivity index (χ0) is 11.5. The number of aliphatic hydroxyl groups excluding tert-OH is 1. The topological polar surface area (TPSA) is 101 Å². The van der Waals surface area contributed by atoms with E-state index < -0.39 is 25.1 Å². The van der Waals surface area contributed by atoms with Gasteiger partial charge in [0.25, 0.3) is 0 Å². The molecule has 90 valence electrons. The van der Waals surface area contributed by atoms with Crippen molar-refractivity contribution in [2.24, 2.45) is 0 Å². The summed E-state index contributed by atoms with van der Waals surface area (Å²) >= 11 is 0. The van der Waals surface area contributed by atoms with Gasteiger partial charge in [-0.3, -0.25) is 0 Å². The molecule has 8 heteroatoms. The van der Waals surface area contributed by atoms with Crippen molar-refractivity contribution in [3.63, 3.8) is 0 Å². The van der Waals surface area contributed by atoms with Gasteiger partial charge in [-0.15, -0.1) is 0 Å². The molecule has 0 radical (unpaired) electrons. The number of hydrogen-bond acceptors (Lipinski definition) is 5. The average Bonchev–Trinajstić information content (AvgIpc) is 2.47. The summed E-state index contributed by atoms with van der Waals surface area (Å²) in [6, 6.07) is 0. The summed E-state index contributed by atoms with van der Waals surface area (Å²) in [5.41, 5.74) is 0. The van der Waals surface area contributed by atoms with Crippen molar-refractivity contribution in [1.82, 2.24) is 4.72 Å². The predicted molar refractivity (Wildman–Crippen MR) is 55.7 cm³/mol. The molecule has 2 N–H and O–H groups in total. The monoisotopic (exact) mass is 257 g/mol. The maximum atomic E-state index is 11.5. The van der Waals surface area contributed by atoms with Crippen LogP contribution in [0, 0.1) is 0 Å². The normalized spacial score (nSPS) is 25.5. The molecule has 0 aliphatic carbocycles. The second-order valence-corrected chi connectivity index (χ2v) is 7.82. The van der Waals surface area contributed by atoms with Crippen molar-refractivity contribution in [2.75, 3.05) is 24.7 Å². The van der Waals surface area contributed by atoms with E-state index in [-0.39, 0.29) is 31.1 Å². The second kappa shape index (κ2) is 4.77. The molecular weight excluding hydrogens is 242 g/mol. The molecule has 1 rings (SSSR count). The Morgan fingerprint density at radius 2 is 2.07 bits per heavy atom. The van der Waals surface area contributed by atoms with E-state index in [9.17, 15) is 16.8 Å². The van der Waals surface area contributed by atoms with Gasteiger partial charge in [0, 0.05) is 13.2 Å². The van der Waals surface area contributed by atoms with Crippen LogP contribution in [0.15, 0.2) is 0 Å². The zero-order valence-corrected chi connectivity index (χ0v) is 9.85. The lowest BCUT2D eigenvalue weighted by molar-refractivity contribution is 0.289. The molecular formula is C7H15NO5S2. The van der Waals surface area contributed by atoms with E-state index in [1.165, 1.54) is 0 Å². The average molecular weight is 257 g/mol. The molecule has 0 saturated carbocycles. The molecule has 1 heterocycles. The number of aliphatic hydroxyl groups is 1. The number of nitrogens with one attached hydrogen (secondary N) is 1. The Hall–Kier alpha value is -0.180. The van der Waals surface area contributed by atoms with Gasteiger partial charge in [-0.2, -0.15) is 0 Å². The van der Waals surface area contributed by atoms with Gasteiger partial charge in [-0.25, -0.2) is 21.6 Å². The molecule has 6 nitrogen and oxygen atoms in total. The highest BCUT2D eigenvalue weighted by Gasteiger charge is 2.36. The van der Waals surface area contributed by atoms with Gasteiger partial charge in [-0.1, -0.05) is 0 Å². The van der Waals surface area contributed by atoms with Crippen LogP contribution in [0.1, 0.15) is 12.8 Å². The van der Waals surface area contributed by atoms with Gasteiger partial charge in [0.1, 0.15) is 0 Å². The summed E-state index contributed by atoms with van der Waals surface area (Å²) in [5.74, 6) is -0.347. The first-order chi connectivity index (χ1) is 6.87. The molecule has 1 fully saturated rings. The highest BCUT2D eigenvalue weighted by molar-refractivity contribution is 7.95. The number of rotatable bonds is 5. The highest BCUT2D eigenvalue weighted by atomic mass is 32.2. The Kier molecular flexibility index (Phi) is 4.10. The Morgan fingerprint density at radius 3 is 2.53 bits per heavy atom. The Labute approximate surface area is 89.7 Å². The standard InChI is InChI=1S/C7H15NO5S2/c9-4-1-3-8-15(12,13)7-2-5-14(10,11)6-7/h7-9H,1-6H2. The van der Waals surface area contributed by atoms with E-state index in [4.69, 9.17) is 5.11 Å². The Balaban J connectivity index is 2.56. The van der Waals surface area contributed by atoms with Crippen LogP contribution in [0.4, 0.5) is 0 Å². The molecule has 0 aromatic heterocycles. The Bertz CT molecular complexity index is 399. The Morgan fingerprint density at radius 1 is 1.40 bits per heavy atom. The SMILES string of the molecule is O=S1(=O)CCC(S(=O)(=O)NCCCO)C1. The summed E-state index contributed by atoms with van der Waals surface area (Å²) in [6.07, 6.45) is 0.496. The van der Waals surface area contributed by atoms with E-state index in [0.29, 0.717) is 6.42 Å². The minimum absolute atomic E-state index is 0.0570. The molecule has 1 unspecified atom stereocenters. The van der Waals surface area contributed by atoms with Crippen molar-refractivity contribution < 1.29 is 21.9 Å². The molecule has 1 aliphatic heterocycles. The van der Waals surface area contributed by atoms with E-state index in [1.807, 2.05) is 0 Å². The van der Waals surface area contributed by atoms with E-state index in [1.54, 1.807) is 0 Å². The van der Waals surface area contributed by atoms with Crippen LogP contribution in [0.3, 0.4) is 0 Å². The van der Waals surface area contributed by atoms with Crippen LogP contribution in [0.2, 0.25) is 0 Å². The lowest BCUT2D eigenvalue weighted by Gasteiger charge is -2.10. The van der Waals surface area contributed by atoms with Crippen LogP contribution < -0.4 is 4.72 Å². The van der Waals surface area contributed by atoms with Crippen LogP contribution in [-0.4, -0.2) is 51.8 Å². The first-order valence-corrected chi connectivity index (χ1v) is 8.04. The largest absolute Gasteiger partial charge is 0.396 e. The summed E-state index contributed by atoms with van der Waals surface area (Å²) in [5, 5.41) is 7.65. The summed E-state index contributed by atoms with van der Waals surface area (Å²) in [6.45, 7) is 0.0564. The van der Waals surface area contributed by atoms with Gasteiger partial charge in [0.05, 0.1) is 16.8 Å². The predicted octanol–water partition coefficient (Wildman–Crippen LogP) is -1.52. The molecule has 1 aliphatic rings. The van der Waals surface area contributed by atoms with Gasteiger partial charge in [-0.05, 0) is 12.8 Å².